The number of benzene rings is 1. The van der Waals surface area contributed by atoms with Crippen molar-refractivity contribution in [3.05, 3.63) is 46.7 Å². The molecule has 0 saturated carbocycles. The first-order chi connectivity index (χ1) is 12.0. The summed E-state index contributed by atoms with van der Waals surface area (Å²) in [6, 6.07) is 9.25. The number of amides is 1. The van der Waals surface area contributed by atoms with Gasteiger partial charge in [-0.2, -0.15) is 5.26 Å². The minimum absolute atomic E-state index is 0.00227. The molecule has 0 aliphatic rings. The Kier molecular flexibility index (Phi) is 5.79. The van der Waals surface area contributed by atoms with Crippen LogP contribution in [0, 0.1) is 18.3 Å². The van der Waals surface area contributed by atoms with Gasteiger partial charge >= 0.3 is 5.97 Å². The van der Waals surface area contributed by atoms with Gasteiger partial charge in [0.2, 0.25) is 5.88 Å². The van der Waals surface area contributed by atoms with Crippen LogP contribution in [0.3, 0.4) is 0 Å². The summed E-state index contributed by atoms with van der Waals surface area (Å²) in [5.74, 6) is -0.501. The van der Waals surface area contributed by atoms with E-state index < -0.39 is 11.9 Å². The van der Waals surface area contributed by atoms with Crippen LogP contribution in [-0.2, 0) is 16.0 Å². The first kappa shape index (κ1) is 18.1. The first-order valence-corrected chi connectivity index (χ1v) is 7.64. The molecule has 0 spiro atoms. The molecule has 0 aliphatic heterocycles. The SMILES string of the molecule is CCc1ccccc1OCC(=O)Nc1oc(C)c(C(=O)OC)c1C#N. The lowest BCUT2D eigenvalue weighted by Crippen LogP contribution is -2.20. The zero-order chi connectivity index (χ0) is 18.4. The Morgan fingerprint density at radius 3 is 2.68 bits per heavy atom. The highest BCUT2D eigenvalue weighted by Gasteiger charge is 2.25. The Balaban J connectivity index is 2.11. The molecule has 0 aliphatic carbocycles. The van der Waals surface area contributed by atoms with Crippen molar-refractivity contribution < 1.29 is 23.5 Å². The van der Waals surface area contributed by atoms with Gasteiger partial charge in [-0.1, -0.05) is 25.1 Å². The van der Waals surface area contributed by atoms with Crippen molar-refractivity contribution in [3.63, 3.8) is 0 Å². The van der Waals surface area contributed by atoms with E-state index in [1.807, 2.05) is 31.2 Å². The van der Waals surface area contributed by atoms with Crippen molar-refractivity contribution in [1.29, 1.82) is 5.26 Å². The number of hydrogen-bond donors (Lipinski definition) is 1. The molecule has 0 bridgehead atoms. The number of methoxy groups -OCH3 is 1. The number of rotatable bonds is 6. The van der Waals surface area contributed by atoms with Gasteiger partial charge in [-0.15, -0.1) is 0 Å². The first-order valence-electron chi connectivity index (χ1n) is 7.64. The van der Waals surface area contributed by atoms with Gasteiger partial charge in [0.1, 0.15) is 28.7 Å². The third kappa shape index (κ3) is 3.98. The van der Waals surface area contributed by atoms with Crippen LogP contribution >= 0.6 is 0 Å². The Morgan fingerprint density at radius 1 is 1.32 bits per heavy atom. The molecule has 2 aromatic rings. The minimum atomic E-state index is -0.702. The molecule has 0 unspecified atom stereocenters. The molecule has 1 amide bonds. The van der Waals surface area contributed by atoms with Crippen LogP contribution in [-0.4, -0.2) is 25.6 Å². The third-order valence-corrected chi connectivity index (χ3v) is 3.55. The molecular weight excluding hydrogens is 324 g/mol. The number of nitriles is 1. The van der Waals surface area contributed by atoms with Crippen LogP contribution in [0.4, 0.5) is 5.88 Å². The molecule has 0 saturated heterocycles. The van der Waals surface area contributed by atoms with Crippen molar-refractivity contribution in [1.82, 2.24) is 0 Å². The molecule has 0 atom stereocenters. The smallest absolute Gasteiger partial charge is 0.342 e. The molecule has 130 valence electrons. The Hall–Kier alpha value is -3.27. The van der Waals surface area contributed by atoms with Gasteiger partial charge in [0.25, 0.3) is 5.91 Å². The summed E-state index contributed by atoms with van der Waals surface area (Å²) in [5.41, 5.74) is 0.902. The van der Waals surface area contributed by atoms with E-state index >= 15 is 0 Å². The number of furan rings is 1. The molecule has 1 N–H and O–H groups in total. The van der Waals surface area contributed by atoms with Crippen molar-refractivity contribution >= 4 is 17.8 Å². The molecule has 7 heteroatoms. The second-order valence-electron chi connectivity index (χ2n) is 5.14. The number of aryl methyl sites for hydroxylation is 2. The van der Waals surface area contributed by atoms with Crippen LogP contribution in [0.1, 0.15) is 34.2 Å². The summed E-state index contributed by atoms with van der Waals surface area (Å²) in [5, 5.41) is 11.7. The number of carbonyl (C=O) groups is 2. The maximum atomic E-state index is 12.1. The lowest BCUT2D eigenvalue weighted by atomic mass is 10.1. The van der Waals surface area contributed by atoms with Crippen LogP contribution in [0.2, 0.25) is 0 Å². The van der Waals surface area contributed by atoms with Gasteiger partial charge in [0.15, 0.2) is 6.61 Å². The number of para-hydroxylation sites is 1. The quantitative estimate of drug-likeness (QED) is 0.810. The summed E-state index contributed by atoms with van der Waals surface area (Å²) < 4.78 is 15.5. The second kappa shape index (κ2) is 8.02. The van der Waals surface area contributed by atoms with E-state index in [4.69, 9.17) is 9.15 Å². The zero-order valence-corrected chi connectivity index (χ0v) is 14.2. The molecule has 2 rings (SSSR count). The number of hydrogen-bond acceptors (Lipinski definition) is 6. The fourth-order valence-electron chi connectivity index (χ4n) is 2.33. The van der Waals surface area contributed by atoms with E-state index in [1.165, 1.54) is 14.0 Å². The summed E-state index contributed by atoms with van der Waals surface area (Å²) in [6.45, 7) is 3.24. The number of nitrogens with one attached hydrogen (secondary N) is 1. The Labute approximate surface area is 145 Å². The van der Waals surface area contributed by atoms with Crippen molar-refractivity contribution in [2.24, 2.45) is 0 Å². The molecule has 1 aromatic heterocycles. The predicted octanol–water partition coefficient (Wildman–Crippen LogP) is 2.83. The molecular formula is C18H18N2O5. The number of anilines is 1. The number of nitrogens with zero attached hydrogens (tertiary/aromatic N) is 1. The highest BCUT2D eigenvalue weighted by Crippen LogP contribution is 2.27. The number of carbonyl (C=O) groups excluding carboxylic acids is 2. The second-order valence-corrected chi connectivity index (χ2v) is 5.14. The number of ether oxygens (including phenoxy) is 2. The molecule has 7 nitrogen and oxygen atoms in total. The fourth-order valence-corrected chi connectivity index (χ4v) is 2.33. The third-order valence-electron chi connectivity index (χ3n) is 3.55. The molecule has 1 heterocycles. The highest BCUT2D eigenvalue weighted by atomic mass is 16.5. The van der Waals surface area contributed by atoms with Crippen LogP contribution in [0.5, 0.6) is 5.75 Å². The van der Waals surface area contributed by atoms with Crippen molar-refractivity contribution in [3.8, 4) is 11.8 Å². The van der Waals surface area contributed by atoms with Crippen molar-refractivity contribution in [2.75, 3.05) is 19.0 Å². The van der Waals surface area contributed by atoms with Gasteiger partial charge in [-0.25, -0.2) is 4.79 Å². The van der Waals surface area contributed by atoms with Gasteiger partial charge in [-0.3, -0.25) is 10.1 Å². The fraction of sp³-hybridized carbons (Fsp3) is 0.278. The zero-order valence-electron chi connectivity index (χ0n) is 14.2. The number of esters is 1. The van der Waals surface area contributed by atoms with E-state index in [2.05, 4.69) is 10.1 Å². The average Bonchev–Trinajstić information content (AvgIpc) is 2.94. The van der Waals surface area contributed by atoms with Gasteiger partial charge < -0.3 is 13.9 Å². The monoisotopic (exact) mass is 342 g/mol. The van der Waals surface area contributed by atoms with E-state index in [0.29, 0.717) is 5.75 Å². The predicted molar refractivity (Wildman–Crippen MR) is 89.4 cm³/mol. The van der Waals surface area contributed by atoms with E-state index in [1.54, 1.807) is 6.07 Å². The van der Waals surface area contributed by atoms with E-state index in [0.717, 1.165) is 12.0 Å². The van der Waals surface area contributed by atoms with Gasteiger partial charge in [0.05, 0.1) is 7.11 Å². The molecule has 0 radical (unpaired) electrons. The minimum Gasteiger partial charge on any atom is -0.483 e. The Morgan fingerprint density at radius 2 is 2.04 bits per heavy atom. The standard InChI is InChI=1S/C18H18N2O5/c1-4-12-7-5-6-8-14(12)24-10-15(21)20-17-13(9-19)16(11(2)25-17)18(22)23-3/h5-8H,4,10H2,1-3H3,(H,20,21). The van der Waals surface area contributed by atoms with Gasteiger partial charge in [0, 0.05) is 0 Å². The topological polar surface area (TPSA) is 102 Å². The van der Waals surface area contributed by atoms with E-state index in [-0.39, 0.29) is 29.4 Å². The summed E-state index contributed by atoms with van der Waals surface area (Å²) >= 11 is 0. The summed E-state index contributed by atoms with van der Waals surface area (Å²) in [7, 11) is 1.20. The normalized spacial score (nSPS) is 10.0. The Bertz CT molecular complexity index is 832. The van der Waals surface area contributed by atoms with Crippen LogP contribution in [0.15, 0.2) is 28.7 Å². The van der Waals surface area contributed by atoms with Gasteiger partial charge in [-0.05, 0) is 25.0 Å². The maximum Gasteiger partial charge on any atom is 0.342 e. The molecule has 25 heavy (non-hydrogen) atoms. The molecule has 1 aromatic carbocycles. The summed E-state index contributed by atoms with van der Waals surface area (Å²) in [6.07, 6.45) is 0.774. The van der Waals surface area contributed by atoms with E-state index in [9.17, 15) is 14.9 Å². The maximum absolute atomic E-state index is 12.1. The summed E-state index contributed by atoms with van der Waals surface area (Å²) in [4.78, 5) is 23.8. The lowest BCUT2D eigenvalue weighted by molar-refractivity contribution is -0.118. The van der Waals surface area contributed by atoms with Crippen LogP contribution < -0.4 is 10.1 Å². The highest BCUT2D eigenvalue weighted by molar-refractivity contribution is 5.98. The van der Waals surface area contributed by atoms with Crippen LogP contribution in [0.25, 0.3) is 0 Å². The lowest BCUT2D eigenvalue weighted by Gasteiger charge is -2.09. The van der Waals surface area contributed by atoms with Crippen molar-refractivity contribution in [2.45, 2.75) is 20.3 Å². The molecule has 0 fully saturated rings. The largest absolute Gasteiger partial charge is 0.483 e. The average molecular weight is 342 g/mol.